The molecule has 1 aliphatic carbocycles. The number of rotatable bonds is 10. The molecule has 2 aromatic carbocycles. The van der Waals surface area contributed by atoms with Crippen molar-refractivity contribution in [1.82, 2.24) is 14.7 Å². The summed E-state index contributed by atoms with van der Waals surface area (Å²) < 4.78 is 28.1. The molecule has 1 fully saturated rings. The van der Waals surface area contributed by atoms with Crippen LogP contribution in [0.3, 0.4) is 0 Å². The zero-order chi connectivity index (χ0) is 25.7. The maximum atomic E-state index is 12.7. The molecule has 3 aromatic rings. The van der Waals surface area contributed by atoms with E-state index in [1.54, 1.807) is 0 Å². The second kappa shape index (κ2) is 11.9. The Kier molecular flexibility index (Phi) is 8.93. The number of hydrogen-bond donors (Lipinski definition) is 2. The lowest BCUT2D eigenvalue weighted by Gasteiger charge is -2.29. The van der Waals surface area contributed by atoms with Crippen LogP contribution in [0, 0.1) is 11.8 Å². The Morgan fingerprint density at radius 2 is 1.53 bits per heavy atom. The monoisotopic (exact) mass is 549 g/mol. The molecular formula is C26H33Cl2N5O2S. The minimum atomic E-state index is -3.65. The lowest BCUT2D eigenvalue weighted by Crippen LogP contribution is -2.32. The molecule has 10 heteroatoms. The third-order valence-electron chi connectivity index (χ3n) is 6.87. The number of hydrogen-bond acceptors (Lipinski definition) is 6. The highest BCUT2D eigenvalue weighted by molar-refractivity contribution is 7.89. The summed E-state index contributed by atoms with van der Waals surface area (Å²) >= 11 is 11.9. The average molecular weight is 551 g/mol. The van der Waals surface area contributed by atoms with Crippen LogP contribution < -0.4 is 14.9 Å². The van der Waals surface area contributed by atoms with Gasteiger partial charge in [0, 0.05) is 41.6 Å². The van der Waals surface area contributed by atoms with Crippen LogP contribution in [0.1, 0.15) is 39.5 Å². The molecule has 7 nitrogen and oxygen atoms in total. The average Bonchev–Trinajstić information content (AvgIpc) is 2.87. The van der Waals surface area contributed by atoms with Gasteiger partial charge in [0.05, 0.1) is 10.4 Å². The summed E-state index contributed by atoms with van der Waals surface area (Å²) in [6.45, 7) is 7.25. The van der Waals surface area contributed by atoms with Crippen LogP contribution >= 0.6 is 23.2 Å². The first-order chi connectivity index (χ1) is 17.3. The lowest BCUT2D eigenvalue weighted by atomic mass is 9.82. The lowest BCUT2D eigenvalue weighted by molar-refractivity contribution is 0.284. The number of benzene rings is 2. The van der Waals surface area contributed by atoms with Crippen molar-refractivity contribution in [2.24, 2.45) is 11.8 Å². The molecule has 0 radical (unpaired) electrons. The van der Waals surface area contributed by atoms with Crippen molar-refractivity contribution in [2.45, 2.75) is 44.4 Å². The number of para-hydroxylation sites is 1. The van der Waals surface area contributed by atoms with Crippen molar-refractivity contribution in [3.63, 3.8) is 0 Å². The van der Waals surface area contributed by atoms with E-state index in [4.69, 9.17) is 33.2 Å². The molecule has 2 N–H and O–H groups in total. The summed E-state index contributed by atoms with van der Waals surface area (Å²) in [6, 6.07) is 12.5. The van der Waals surface area contributed by atoms with E-state index in [1.165, 1.54) is 18.2 Å². The normalized spacial score (nSPS) is 18.3. The van der Waals surface area contributed by atoms with E-state index in [-0.39, 0.29) is 4.90 Å². The molecule has 0 saturated heterocycles. The van der Waals surface area contributed by atoms with Crippen LogP contribution in [0.2, 0.25) is 10.0 Å². The van der Waals surface area contributed by atoms with Crippen molar-refractivity contribution in [3.8, 4) is 0 Å². The van der Waals surface area contributed by atoms with Gasteiger partial charge in [0.25, 0.3) is 0 Å². The van der Waals surface area contributed by atoms with Gasteiger partial charge >= 0.3 is 0 Å². The molecule has 1 aromatic heterocycles. The van der Waals surface area contributed by atoms with E-state index in [1.807, 2.05) is 18.2 Å². The first kappa shape index (κ1) is 26.9. The zero-order valence-electron chi connectivity index (χ0n) is 20.7. The topological polar surface area (TPSA) is 87.2 Å². The second-order valence-corrected chi connectivity index (χ2v) is 11.9. The Hall–Kier alpha value is -2.13. The molecular weight excluding hydrogens is 517 g/mol. The maximum Gasteiger partial charge on any atom is 0.240 e. The number of nitrogens with one attached hydrogen (secondary N) is 2. The molecule has 0 amide bonds. The van der Waals surface area contributed by atoms with Crippen molar-refractivity contribution in [3.05, 3.63) is 52.5 Å². The summed E-state index contributed by atoms with van der Waals surface area (Å²) in [7, 11) is -3.65. The predicted octanol–water partition coefficient (Wildman–Crippen LogP) is 5.98. The Bertz CT molecular complexity index is 1270. The van der Waals surface area contributed by atoms with Crippen molar-refractivity contribution in [2.75, 3.05) is 36.4 Å². The van der Waals surface area contributed by atoms with E-state index in [9.17, 15) is 8.42 Å². The molecule has 0 bridgehead atoms. The van der Waals surface area contributed by atoms with Gasteiger partial charge in [0.15, 0.2) is 0 Å². The highest BCUT2D eigenvalue weighted by atomic mass is 35.5. The molecule has 36 heavy (non-hydrogen) atoms. The second-order valence-electron chi connectivity index (χ2n) is 9.28. The molecule has 0 spiro atoms. The Balaban J connectivity index is 1.31. The van der Waals surface area contributed by atoms with Crippen LogP contribution in [0.4, 0.5) is 11.8 Å². The largest absolute Gasteiger partial charge is 0.356 e. The molecule has 0 aliphatic heterocycles. The van der Waals surface area contributed by atoms with Crippen LogP contribution in [0.25, 0.3) is 10.9 Å². The van der Waals surface area contributed by atoms with Gasteiger partial charge in [-0.05, 0) is 81.7 Å². The molecule has 1 aliphatic rings. The van der Waals surface area contributed by atoms with Gasteiger partial charge < -0.3 is 10.2 Å². The van der Waals surface area contributed by atoms with Crippen LogP contribution in [-0.2, 0) is 10.0 Å². The summed E-state index contributed by atoms with van der Waals surface area (Å²) in [4.78, 5) is 11.9. The van der Waals surface area contributed by atoms with Gasteiger partial charge in [-0.2, -0.15) is 4.98 Å². The minimum absolute atomic E-state index is 0.0948. The first-order valence-electron chi connectivity index (χ1n) is 12.5. The predicted molar refractivity (Wildman–Crippen MR) is 149 cm³/mol. The highest BCUT2D eigenvalue weighted by Crippen LogP contribution is 2.30. The van der Waals surface area contributed by atoms with Crippen LogP contribution in [-0.4, -0.2) is 44.6 Å². The number of sulfonamides is 1. The van der Waals surface area contributed by atoms with E-state index in [0.29, 0.717) is 34.4 Å². The van der Waals surface area contributed by atoms with Gasteiger partial charge in [0.1, 0.15) is 5.82 Å². The number of nitrogens with zero attached hydrogens (tertiary/aromatic N) is 3. The zero-order valence-corrected chi connectivity index (χ0v) is 23.0. The number of anilines is 2. The first-order valence-corrected chi connectivity index (χ1v) is 14.7. The number of fused-ring (bicyclic) bond motifs is 1. The van der Waals surface area contributed by atoms with Crippen LogP contribution in [0.5, 0.6) is 0 Å². The Morgan fingerprint density at radius 3 is 2.17 bits per heavy atom. The molecule has 194 valence electrons. The smallest absolute Gasteiger partial charge is 0.240 e. The van der Waals surface area contributed by atoms with Gasteiger partial charge in [-0.3, -0.25) is 0 Å². The van der Waals surface area contributed by atoms with E-state index >= 15 is 0 Å². The Morgan fingerprint density at radius 1 is 0.917 bits per heavy atom. The van der Waals surface area contributed by atoms with Crippen molar-refractivity contribution >= 4 is 55.9 Å². The summed E-state index contributed by atoms with van der Waals surface area (Å²) in [5.74, 6) is 2.42. The molecule has 4 rings (SSSR count). The highest BCUT2D eigenvalue weighted by Gasteiger charge is 2.24. The third-order valence-corrected chi connectivity index (χ3v) is 8.71. The number of aromatic nitrogens is 2. The summed E-state index contributed by atoms with van der Waals surface area (Å²) in [5, 5.41) is 5.14. The van der Waals surface area contributed by atoms with Gasteiger partial charge in [0.2, 0.25) is 16.0 Å². The van der Waals surface area contributed by atoms with E-state index in [2.05, 4.69) is 34.9 Å². The van der Waals surface area contributed by atoms with Gasteiger partial charge in [-0.25, -0.2) is 18.1 Å². The van der Waals surface area contributed by atoms with Crippen LogP contribution in [0.15, 0.2) is 47.4 Å². The minimum Gasteiger partial charge on any atom is -0.356 e. The van der Waals surface area contributed by atoms with Crippen molar-refractivity contribution < 1.29 is 8.42 Å². The molecule has 0 atom stereocenters. The maximum absolute atomic E-state index is 12.7. The SMILES string of the molecule is CCN(CC)c1nc(NC[C@H]2CC[C@H](CNS(=O)(=O)c3cc(Cl)cc(Cl)c3)CC2)nc2ccccc12. The Labute approximate surface area is 223 Å². The van der Waals surface area contributed by atoms with Crippen molar-refractivity contribution in [1.29, 1.82) is 0 Å². The van der Waals surface area contributed by atoms with E-state index in [0.717, 1.165) is 62.0 Å². The summed E-state index contributed by atoms with van der Waals surface area (Å²) in [5.41, 5.74) is 0.939. The molecule has 0 unspecified atom stereocenters. The van der Waals surface area contributed by atoms with Gasteiger partial charge in [-0.1, -0.05) is 35.3 Å². The summed E-state index contributed by atoms with van der Waals surface area (Å²) in [6.07, 6.45) is 3.99. The van der Waals surface area contributed by atoms with E-state index < -0.39 is 10.0 Å². The third kappa shape index (κ3) is 6.59. The fraction of sp³-hybridized carbons (Fsp3) is 0.462. The molecule has 1 saturated carbocycles. The standard InChI is InChI=1S/C26H33Cl2N5O2S/c1-3-33(4-2)25-23-7-5-6-8-24(23)31-26(32-25)29-16-18-9-11-19(12-10-18)17-30-36(34,35)22-14-20(27)13-21(28)15-22/h5-8,13-15,18-19,30H,3-4,9-12,16-17H2,1-2H3,(H,29,31,32)/t18-,19-. The number of halogens is 2. The van der Waals surface area contributed by atoms with Gasteiger partial charge in [-0.15, -0.1) is 0 Å². The quantitative estimate of drug-likeness (QED) is 0.323. The molecule has 1 heterocycles. The fourth-order valence-electron chi connectivity index (χ4n) is 4.77. The fourth-order valence-corrected chi connectivity index (χ4v) is 6.61.